The van der Waals surface area contributed by atoms with Crippen molar-refractivity contribution in [2.75, 3.05) is 13.2 Å². The molecule has 0 spiro atoms. The summed E-state index contributed by atoms with van der Waals surface area (Å²) in [6.07, 6.45) is 4.18. The summed E-state index contributed by atoms with van der Waals surface area (Å²) >= 11 is 0. The minimum absolute atomic E-state index is 0.0604. The number of carbonyl (C=O) groups is 1. The molecule has 0 aromatic heterocycles. The van der Waals surface area contributed by atoms with Gasteiger partial charge in [0.15, 0.2) is 0 Å². The smallest absolute Gasteiger partial charge is 0.251 e. The molecular weight excluding hydrogens is 266 g/mol. The Morgan fingerprint density at radius 1 is 1.38 bits per heavy atom. The van der Waals surface area contributed by atoms with Crippen LogP contribution in [-0.2, 0) is 0 Å². The molecule has 2 N–H and O–H groups in total. The summed E-state index contributed by atoms with van der Waals surface area (Å²) < 4.78 is 5.65. The van der Waals surface area contributed by atoms with Gasteiger partial charge < -0.3 is 15.2 Å². The van der Waals surface area contributed by atoms with E-state index in [-0.39, 0.29) is 12.5 Å². The summed E-state index contributed by atoms with van der Waals surface area (Å²) in [5.74, 6) is 1.36. The van der Waals surface area contributed by atoms with Crippen LogP contribution in [0.1, 0.15) is 49.9 Å². The van der Waals surface area contributed by atoms with Crippen molar-refractivity contribution in [1.29, 1.82) is 0 Å². The van der Waals surface area contributed by atoms with Gasteiger partial charge in [-0.05, 0) is 56.4 Å². The van der Waals surface area contributed by atoms with Crippen LogP contribution in [0.15, 0.2) is 24.3 Å². The van der Waals surface area contributed by atoms with Crippen molar-refractivity contribution in [3.05, 3.63) is 29.8 Å². The molecule has 21 heavy (non-hydrogen) atoms. The SMILES string of the molecule is CCC[C@](C)(CO)NC(=O)c1ccc(OCC2CC2)cc1. The maximum Gasteiger partial charge on any atom is 0.251 e. The normalized spacial score (nSPS) is 17.1. The second-order valence-corrected chi connectivity index (χ2v) is 6.20. The minimum Gasteiger partial charge on any atom is -0.493 e. The average Bonchev–Trinajstić information content (AvgIpc) is 3.30. The summed E-state index contributed by atoms with van der Waals surface area (Å²) in [7, 11) is 0. The summed E-state index contributed by atoms with van der Waals surface area (Å²) in [5.41, 5.74) is 0.0250. The number of aliphatic hydroxyl groups is 1. The summed E-state index contributed by atoms with van der Waals surface area (Å²) in [6, 6.07) is 7.18. The molecule has 0 radical (unpaired) electrons. The van der Waals surface area contributed by atoms with Crippen LogP contribution < -0.4 is 10.1 Å². The number of nitrogens with one attached hydrogen (secondary N) is 1. The standard InChI is InChI=1S/C17H25NO3/c1-3-10-17(2,12-19)18-16(20)14-6-8-15(9-7-14)21-11-13-4-5-13/h6-9,13,19H,3-5,10-12H2,1-2H3,(H,18,20)/t17-/m1/s1. The highest BCUT2D eigenvalue weighted by Gasteiger charge is 2.25. The van der Waals surface area contributed by atoms with Gasteiger partial charge in [0.2, 0.25) is 0 Å². The lowest BCUT2D eigenvalue weighted by Crippen LogP contribution is -2.48. The molecule has 1 aliphatic rings. The number of ether oxygens (including phenoxy) is 1. The van der Waals surface area contributed by atoms with Crippen LogP contribution in [0.5, 0.6) is 5.75 Å². The molecule has 0 aliphatic heterocycles. The first-order chi connectivity index (χ1) is 10.1. The molecule has 1 fully saturated rings. The second-order valence-electron chi connectivity index (χ2n) is 6.20. The Morgan fingerprint density at radius 2 is 2.05 bits per heavy atom. The molecule has 1 aromatic rings. The van der Waals surface area contributed by atoms with Gasteiger partial charge in [-0.3, -0.25) is 4.79 Å². The zero-order chi connectivity index (χ0) is 15.3. The third-order valence-corrected chi connectivity index (χ3v) is 3.87. The van der Waals surface area contributed by atoms with Crippen molar-refractivity contribution in [3.63, 3.8) is 0 Å². The van der Waals surface area contributed by atoms with E-state index in [1.54, 1.807) is 12.1 Å². The molecule has 1 saturated carbocycles. The second kappa shape index (κ2) is 6.94. The minimum atomic E-state index is -0.563. The van der Waals surface area contributed by atoms with E-state index in [0.29, 0.717) is 11.5 Å². The lowest BCUT2D eigenvalue weighted by molar-refractivity contribution is 0.0841. The first-order valence-corrected chi connectivity index (χ1v) is 7.72. The highest BCUT2D eigenvalue weighted by atomic mass is 16.5. The van der Waals surface area contributed by atoms with Crippen LogP contribution in [-0.4, -0.2) is 29.8 Å². The largest absolute Gasteiger partial charge is 0.493 e. The summed E-state index contributed by atoms with van der Waals surface area (Å²) in [5, 5.41) is 12.4. The topological polar surface area (TPSA) is 58.6 Å². The van der Waals surface area contributed by atoms with Gasteiger partial charge in [0, 0.05) is 5.56 Å². The first-order valence-electron chi connectivity index (χ1n) is 7.72. The number of rotatable bonds is 8. The van der Waals surface area contributed by atoms with E-state index in [4.69, 9.17) is 4.74 Å². The molecule has 0 heterocycles. The van der Waals surface area contributed by atoms with Crippen LogP contribution >= 0.6 is 0 Å². The van der Waals surface area contributed by atoms with Gasteiger partial charge in [-0.25, -0.2) is 0 Å². The van der Waals surface area contributed by atoms with Gasteiger partial charge in [0.05, 0.1) is 18.8 Å². The Balaban J connectivity index is 1.91. The Bertz CT molecular complexity index is 467. The third-order valence-electron chi connectivity index (χ3n) is 3.87. The van der Waals surface area contributed by atoms with Crippen LogP contribution in [0, 0.1) is 5.92 Å². The molecule has 4 nitrogen and oxygen atoms in total. The number of amides is 1. The fourth-order valence-corrected chi connectivity index (χ4v) is 2.28. The molecule has 1 aliphatic carbocycles. The third kappa shape index (κ3) is 4.74. The Morgan fingerprint density at radius 3 is 2.57 bits per heavy atom. The van der Waals surface area contributed by atoms with Crippen LogP contribution in [0.4, 0.5) is 0 Å². The van der Waals surface area contributed by atoms with E-state index in [1.165, 1.54) is 12.8 Å². The summed E-state index contributed by atoms with van der Waals surface area (Å²) in [4.78, 5) is 12.2. The quantitative estimate of drug-likeness (QED) is 0.774. The van der Waals surface area contributed by atoms with Crippen molar-refractivity contribution in [3.8, 4) is 5.75 Å². The fraction of sp³-hybridized carbons (Fsp3) is 0.588. The van der Waals surface area contributed by atoms with E-state index in [2.05, 4.69) is 5.32 Å². The monoisotopic (exact) mass is 291 g/mol. The Hall–Kier alpha value is -1.55. The van der Waals surface area contributed by atoms with Crippen molar-refractivity contribution in [1.82, 2.24) is 5.32 Å². The molecule has 0 unspecified atom stereocenters. The van der Waals surface area contributed by atoms with E-state index in [9.17, 15) is 9.90 Å². The van der Waals surface area contributed by atoms with Gasteiger partial charge in [0.25, 0.3) is 5.91 Å². The van der Waals surface area contributed by atoms with Crippen molar-refractivity contribution >= 4 is 5.91 Å². The van der Waals surface area contributed by atoms with E-state index >= 15 is 0 Å². The molecule has 1 aromatic carbocycles. The maximum atomic E-state index is 12.2. The number of aliphatic hydroxyl groups excluding tert-OH is 1. The van der Waals surface area contributed by atoms with Gasteiger partial charge >= 0.3 is 0 Å². The highest BCUT2D eigenvalue weighted by Crippen LogP contribution is 2.29. The molecule has 4 heteroatoms. The predicted molar refractivity (Wildman–Crippen MR) is 82.5 cm³/mol. The molecule has 116 valence electrons. The molecule has 1 amide bonds. The number of hydrogen-bond donors (Lipinski definition) is 2. The molecule has 1 atom stereocenters. The van der Waals surface area contributed by atoms with Crippen LogP contribution in [0.2, 0.25) is 0 Å². The van der Waals surface area contributed by atoms with Gasteiger partial charge in [0.1, 0.15) is 5.75 Å². The average molecular weight is 291 g/mol. The van der Waals surface area contributed by atoms with Crippen LogP contribution in [0.3, 0.4) is 0 Å². The highest BCUT2D eigenvalue weighted by molar-refractivity contribution is 5.94. The first kappa shape index (κ1) is 15.8. The van der Waals surface area contributed by atoms with E-state index < -0.39 is 5.54 Å². The zero-order valence-electron chi connectivity index (χ0n) is 12.9. The lowest BCUT2D eigenvalue weighted by atomic mass is 9.96. The van der Waals surface area contributed by atoms with Crippen molar-refractivity contribution in [2.45, 2.75) is 45.1 Å². The lowest BCUT2D eigenvalue weighted by Gasteiger charge is -2.28. The number of hydrogen-bond acceptors (Lipinski definition) is 3. The van der Waals surface area contributed by atoms with Crippen molar-refractivity contribution < 1.29 is 14.6 Å². The number of benzene rings is 1. The van der Waals surface area contributed by atoms with Gasteiger partial charge in [-0.15, -0.1) is 0 Å². The molecular formula is C17H25NO3. The summed E-state index contributed by atoms with van der Waals surface area (Å²) in [6.45, 7) is 4.60. The fourth-order valence-electron chi connectivity index (χ4n) is 2.28. The maximum absolute atomic E-state index is 12.2. The van der Waals surface area contributed by atoms with Crippen LogP contribution in [0.25, 0.3) is 0 Å². The predicted octanol–water partition coefficient (Wildman–Crippen LogP) is 2.76. The van der Waals surface area contributed by atoms with Gasteiger partial charge in [-0.1, -0.05) is 13.3 Å². The van der Waals surface area contributed by atoms with E-state index in [0.717, 1.165) is 25.2 Å². The molecule has 2 rings (SSSR count). The number of carbonyl (C=O) groups excluding carboxylic acids is 1. The van der Waals surface area contributed by atoms with Gasteiger partial charge in [-0.2, -0.15) is 0 Å². The van der Waals surface area contributed by atoms with Crippen molar-refractivity contribution in [2.24, 2.45) is 5.92 Å². The Kier molecular flexibility index (Phi) is 5.23. The van der Waals surface area contributed by atoms with E-state index in [1.807, 2.05) is 26.0 Å². The molecule has 0 saturated heterocycles. The Labute approximate surface area is 126 Å². The zero-order valence-corrected chi connectivity index (χ0v) is 12.9. The molecule has 0 bridgehead atoms.